The van der Waals surface area contributed by atoms with Gasteiger partial charge in [0.15, 0.2) is 0 Å². The summed E-state index contributed by atoms with van der Waals surface area (Å²) >= 11 is 0. The maximum atomic E-state index is 4.90. The Morgan fingerprint density at radius 3 is 2.29 bits per heavy atom. The number of benzene rings is 3. The molecule has 166 valence electrons. The number of fused-ring (bicyclic) bond motifs is 3. The van der Waals surface area contributed by atoms with Crippen LogP contribution in [0.15, 0.2) is 121 Å². The lowest BCUT2D eigenvalue weighted by Gasteiger charge is -2.27. The molecule has 0 unspecified atom stereocenters. The van der Waals surface area contributed by atoms with Gasteiger partial charge in [-0.3, -0.25) is 9.97 Å². The summed E-state index contributed by atoms with van der Waals surface area (Å²) in [5, 5.41) is 2.65. The van der Waals surface area contributed by atoms with Gasteiger partial charge in [-0.15, -0.1) is 0 Å². The molecule has 0 aliphatic heterocycles. The molecule has 0 bridgehead atoms. The van der Waals surface area contributed by atoms with Crippen LogP contribution >= 0.6 is 0 Å². The lowest BCUT2D eigenvalue weighted by Crippen LogP contribution is -2.16. The first-order valence-corrected chi connectivity index (χ1v) is 12.1. The molecule has 2 aromatic heterocycles. The van der Waals surface area contributed by atoms with Gasteiger partial charge in [0.2, 0.25) is 0 Å². The van der Waals surface area contributed by atoms with Crippen LogP contribution in [-0.4, -0.2) is 9.97 Å². The number of pyridine rings is 2. The van der Waals surface area contributed by atoms with E-state index in [1.807, 2.05) is 18.5 Å². The second-order valence-corrected chi connectivity index (χ2v) is 9.03. The average Bonchev–Trinajstić information content (AvgIpc) is 3.25. The van der Waals surface area contributed by atoms with Gasteiger partial charge in [0.25, 0.3) is 0 Å². The van der Waals surface area contributed by atoms with Crippen molar-refractivity contribution < 1.29 is 0 Å². The fourth-order valence-corrected chi connectivity index (χ4v) is 5.34. The number of anilines is 2. The summed E-state index contributed by atoms with van der Waals surface area (Å²) in [7, 11) is 0. The summed E-state index contributed by atoms with van der Waals surface area (Å²) in [5.74, 6) is 0. The summed E-state index contributed by atoms with van der Waals surface area (Å²) in [6.07, 6.45) is 14.5. The highest BCUT2D eigenvalue weighted by Crippen LogP contribution is 2.48. The SMILES string of the molecule is C1=CC(N(c2cccnc2)c2ccc(-c3ccc4c(c3)-c3cccc5cccc-4c35)nc2)=CCC1. The first kappa shape index (κ1) is 19.9. The highest BCUT2D eigenvalue weighted by atomic mass is 15.2. The minimum atomic E-state index is 0.971. The maximum absolute atomic E-state index is 4.90. The van der Waals surface area contributed by atoms with Gasteiger partial charge in [0.05, 0.1) is 29.5 Å². The third-order valence-electron chi connectivity index (χ3n) is 6.94. The lowest BCUT2D eigenvalue weighted by molar-refractivity contribution is 0.994. The Kier molecular flexibility index (Phi) is 4.59. The van der Waals surface area contributed by atoms with Crippen molar-refractivity contribution in [2.45, 2.75) is 12.8 Å². The van der Waals surface area contributed by atoms with Crippen LogP contribution in [0.2, 0.25) is 0 Å². The minimum Gasteiger partial charge on any atom is -0.308 e. The number of aromatic nitrogens is 2. The molecular weight excluding hydrogens is 426 g/mol. The van der Waals surface area contributed by atoms with E-state index in [0.29, 0.717) is 0 Å². The van der Waals surface area contributed by atoms with E-state index in [-0.39, 0.29) is 0 Å². The van der Waals surface area contributed by atoms with E-state index in [4.69, 9.17) is 4.98 Å². The molecule has 2 heterocycles. The molecule has 0 saturated carbocycles. The van der Waals surface area contributed by atoms with E-state index in [9.17, 15) is 0 Å². The van der Waals surface area contributed by atoms with Crippen LogP contribution in [-0.2, 0) is 0 Å². The topological polar surface area (TPSA) is 29.0 Å². The van der Waals surface area contributed by atoms with Crippen molar-refractivity contribution in [3.63, 3.8) is 0 Å². The molecule has 0 fully saturated rings. The molecule has 2 aliphatic carbocycles. The number of nitrogens with zero attached hydrogens (tertiary/aromatic N) is 3. The predicted molar refractivity (Wildman–Crippen MR) is 144 cm³/mol. The van der Waals surface area contributed by atoms with Crippen molar-refractivity contribution in [1.82, 2.24) is 9.97 Å². The van der Waals surface area contributed by atoms with E-state index in [0.717, 1.165) is 41.2 Å². The van der Waals surface area contributed by atoms with Gasteiger partial charge < -0.3 is 4.90 Å². The first-order valence-electron chi connectivity index (χ1n) is 12.1. The Morgan fingerprint density at radius 2 is 1.54 bits per heavy atom. The molecule has 0 amide bonds. The fourth-order valence-electron chi connectivity index (χ4n) is 5.34. The lowest BCUT2D eigenvalue weighted by atomic mass is 9.99. The van der Waals surface area contributed by atoms with Gasteiger partial charge in [-0.2, -0.15) is 0 Å². The summed E-state index contributed by atoms with van der Waals surface area (Å²) in [4.78, 5) is 11.5. The van der Waals surface area contributed by atoms with E-state index in [1.165, 1.54) is 33.0 Å². The average molecular weight is 450 g/mol. The van der Waals surface area contributed by atoms with Crippen LogP contribution in [0.4, 0.5) is 11.4 Å². The second kappa shape index (κ2) is 8.07. The quantitative estimate of drug-likeness (QED) is 0.271. The molecule has 35 heavy (non-hydrogen) atoms. The van der Waals surface area contributed by atoms with Crippen molar-refractivity contribution in [1.29, 1.82) is 0 Å². The van der Waals surface area contributed by atoms with Crippen molar-refractivity contribution in [3.8, 4) is 33.5 Å². The third-order valence-corrected chi connectivity index (χ3v) is 6.94. The van der Waals surface area contributed by atoms with Crippen molar-refractivity contribution in [2.24, 2.45) is 0 Å². The molecule has 0 spiro atoms. The van der Waals surface area contributed by atoms with Crippen molar-refractivity contribution >= 4 is 22.1 Å². The molecular formula is C32H23N3. The van der Waals surface area contributed by atoms with Crippen molar-refractivity contribution in [2.75, 3.05) is 4.90 Å². The Labute approximate surface area is 204 Å². The van der Waals surface area contributed by atoms with Gasteiger partial charge in [-0.05, 0) is 82.3 Å². The van der Waals surface area contributed by atoms with E-state index >= 15 is 0 Å². The zero-order valence-corrected chi connectivity index (χ0v) is 19.2. The van der Waals surface area contributed by atoms with Crippen LogP contribution in [0.1, 0.15) is 12.8 Å². The number of hydrogen-bond donors (Lipinski definition) is 0. The Bertz CT molecular complexity index is 1620. The van der Waals surface area contributed by atoms with Crippen molar-refractivity contribution in [3.05, 3.63) is 121 Å². The van der Waals surface area contributed by atoms with Crippen LogP contribution in [0.3, 0.4) is 0 Å². The molecule has 0 radical (unpaired) electrons. The highest BCUT2D eigenvalue weighted by Gasteiger charge is 2.21. The number of hydrogen-bond acceptors (Lipinski definition) is 3. The number of allylic oxidation sites excluding steroid dienone is 3. The van der Waals surface area contributed by atoms with Crippen LogP contribution in [0.5, 0.6) is 0 Å². The van der Waals surface area contributed by atoms with Gasteiger partial charge in [0.1, 0.15) is 0 Å². The Morgan fingerprint density at radius 1 is 0.686 bits per heavy atom. The van der Waals surface area contributed by atoms with Gasteiger partial charge in [0, 0.05) is 17.5 Å². The predicted octanol–water partition coefficient (Wildman–Crippen LogP) is 8.32. The molecule has 0 saturated heterocycles. The smallest absolute Gasteiger partial charge is 0.0703 e. The molecule has 0 N–H and O–H groups in total. The van der Waals surface area contributed by atoms with Crippen LogP contribution in [0.25, 0.3) is 44.3 Å². The first-order chi connectivity index (χ1) is 17.4. The molecule has 0 atom stereocenters. The largest absolute Gasteiger partial charge is 0.308 e. The summed E-state index contributed by atoms with van der Waals surface area (Å²) in [6, 6.07) is 28.2. The zero-order valence-electron chi connectivity index (χ0n) is 19.2. The number of rotatable bonds is 4. The highest BCUT2D eigenvalue weighted by molar-refractivity contribution is 6.15. The maximum Gasteiger partial charge on any atom is 0.0703 e. The van der Waals surface area contributed by atoms with Gasteiger partial charge in [-0.1, -0.05) is 60.7 Å². The fraction of sp³-hybridized carbons (Fsp3) is 0.0625. The third kappa shape index (κ3) is 3.28. The molecule has 3 nitrogen and oxygen atoms in total. The van der Waals surface area contributed by atoms with Gasteiger partial charge >= 0.3 is 0 Å². The summed E-state index contributed by atoms with van der Waals surface area (Å²) in [5.41, 5.74) is 10.5. The molecule has 7 rings (SSSR count). The van der Waals surface area contributed by atoms with Crippen LogP contribution < -0.4 is 4.90 Å². The molecule has 3 heteroatoms. The van der Waals surface area contributed by atoms with Crippen LogP contribution in [0, 0.1) is 0 Å². The summed E-state index contributed by atoms with van der Waals surface area (Å²) in [6.45, 7) is 0. The van der Waals surface area contributed by atoms with Gasteiger partial charge in [-0.25, -0.2) is 0 Å². The summed E-state index contributed by atoms with van der Waals surface area (Å²) < 4.78 is 0. The molecule has 2 aliphatic rings. The Hall–Kier alpha value is -4.50. The standard InChI is InChI=1S/C32H23N3/c1-2-9-24(10-3-1)35(25-11-6-18-33-20-25)26-15-17-31(34-21-26)23-14-16-27-28-12-4-7-22-8-5-13-29(32(22)28)30(27)19-23/h2,4-21H,1,3H2. The molecule has 5 aromatic rings. The second-order valence-electron chi connectivity index (χ2n) is 9.03. The Balaban J connectivity index is 1.28. The minimum absolute atomic E-state index is 0.971. The van der Waals surface area contributed by atoms with E-state index in [2.05, 4.69) is 101 Å². The zero-order chi connectivity index (χ0) is 23.2. The van der Waals surface area contributed by atoms with E-state index < -0.39 is 0 Å². The monoisotopic (exact) mass is 449 g/mol. The van der Waals surface area contributed by atoms with E-state index in [1.54, 1.807) is 6.20 Å². The molecule has 3 aromatic carbocycles. The normalized spacial score (nSPS) is 13.5.